The number of carbonyl (C=O) groups is 2. The Bertz CT molecular complexity index is 396. The molecule has 4 heteroatoms. The van der Waals surface area contributed by atoms with Crippen LogP contribution >= 0.6 is 0 Å². The summed E-state index contributed by atoms with van der Waals surface area (Å²) in [6.45, 7) is 1.19. The number of Topliss-reactive ketones (excluding diaryl/α,β-unsaturated/α-hetero) is 1. The van der Waals surface area contributed by atoms with Crippen molar-refractivity contribution in [2.45, 2.75) is 13.3 Å². The van der Waals surface area contributed by atoms with E-state index < -0.39 is 12.6 Å². The van der Waals surface area contributed by atoms with Gasteiger partial charge in [0.25, 0.3) is 0 Å². The lowest BCUT2D eigenvalue weighted by atomic mass is 10.0. The molecule has 0 fully saturated rings. The molecule has 0 radical (unpaired) electrons. The van der Waals surface area contributed by atoms with Crippen LogP contribution < -0.4 is 0 Å². The highest BCUT2D eigenvalue weighted by Crippen LogP contribution is 2.12. The number of rotatable bonds is 4. The van der Waals surface area contributed by atoms with Crippen LogP contribution in [0.4, 0.5) is 0 Å². The molecule has 1 aromatic rings. The average Bonchev–Trinajstić information content (AvgIpc) is 2.19. The summed E-state index contributed by atoms with van der Waals surface area (Å²) in [5.41, 5.74) is 1.68. The Morgan fingerprint density at radius 1 is 1.33 bits per heavy atom. The Hall–Kier alpha value is -1.68. The van der Waals surface area contributed by atoms with Crippen LogP contribution in [0.3, 0.4) is 0 Å². The number of aliphatic carboxylic acids is 1. The Labute approximate surface area is 87.2 Å². The zero-order valence-corrected chi connectivity index (χ0v) is 8.36. The minimum absolute atomic E-state index is 0.119. The number of benzene rings is 1. The van der Waals surface area contributed by atoms with Crippen molar-refractivity contribution in [2.24, 2.45) is 0 Å². The molecule has 0 atom stereocenters. The van der Waals surface area contributed by atoms with Gasteiger partial charge >= 0.3 is 5.97 Å². The SMILES string of the molecule is Cc1ccc(CC(=O)O)cc1C(=O)CO. The van der Waals surface area contributed by atoms with Crippen molar-refractivity contribution in [2.75, 3.05) is 6.61 Å². The van der Waals surface area contributed by atoms with Crippen molar-refractivity contribution in [3.63, 3.8) is 0 Å². The third-order valence-corrected chi connectivity index (χ3v) is 2.10. The zero-order chi connectivity index (χ0) is 11.4. The fourth-order valence-corrected chi connectivity index (χ4v) is 1.34. The second kappa shape index (κ2) is 4.70. The molecule has 0 aromatic heterocycles. The summed E-state index contributed by atoms with van der Waals surface area (Å²) in [5.74, 6) is -1.33. The van der Waals surface area contributed by atoms with Gasteiger partial charge in [-0.05, 0) is 24.1 Å². The van der Waals surface area contributed by atoms with E-state index >= 15 is 0 Å². The predicted molar refractivity (Wildman–Crippen MR) is 53.9 cm³/mol. The first-order chi connectivity index (χ1) is 7.04. The van der Waals surface area contributed by atoms with Gasteiger partial charge in [-0.25, -0.2) is 0 Å². The molecule has 0 aliphatic rings. The summed E-state index contributed by atoms with van der Waals surface area (Å²) in [5, 5.41) is 17.3. The van der Waals surface area contributed by atoms with E-state index in [-0.39, 0.29) is 12.2 Å². The van der Waals surface area contributed by atoms with Crippen LogP contribution in [-0.4, -0.2) is 28.6 Å². The molecule has 0 heterocycles. The molecule has 15 heavy (non-hydrogen) atoms. The number of aliphatic hydroxyl groups excluding tert-OH is 1. The standard InChI is InChI=1S/C11H12O4/c1-7-2-3-8(5-11(14)15)4-9(7)10(13)6-12/h2-4,12H,5-6H2,1H3,(H,14,15). The Morgan fingerprint density at radius 2 is 2.00 bits per heavy atom. The molecule has 0 aliphatic heterocycles. The molecule has 0 bridgehead atoms. The number of hydrogen-bond acceptors (Lipinski definition) is 3. The van der Waals surface area contributed by atoms with Gasteiger partial charge in [-0.3, -0.25) is 9.59 Å². The lowest BCUT2D eigenvalue weighted by molar-refractivity contribution is -0.136. The highest BCUT2D eigenvalue weighted by Gasteiger charge is 2.09. The smallest absolute Gasteiger partial charge is 0.307 e. The number of aliphatic hydroxyl groups is 1. The van der Waals surface area contributed by atoms with Gasteiger partial charge in [0.2, 0.25) is 0 Å². The molecule has 0 unspecified atom stereocenters. The van der Waals surface area contributed by atoms with E-state index in [4.69, 9.17) is 10.2 Å². The number of aryl methyl sites for hydroxylation is 1. The van der Waals surface area contributed by atoms with E-state index in [1.54, 1.807) is 19.1 Å². The van der Waals surface area contributed by atoms with Gasteiger partial charge in [-0.2, -0.15) is 0 Å². The monoisotopic (exact) mass is 208 g/mol. The minimum atomic E-state index is -0.943. The van der Waals surface area contributed by atoms with E-state index in [0.717, 1.165) is 5.56 Å². The number of carboxylic acid groups (broad SMARTS) is 1. The third kappa shape index (κ3) is 2.89. The summed E-state index contributed by atoms with van der Waals surface area (Å²) in [4.78, 5) is 21.7. The third-order valence-electron chi connectivity index (χ3n) is 2.10. The lowest BCUT2D eigenvalue weighted by Gasteiger charge is -2.05. The predicted octanol–water partition coefficient (Wildman–Crippen LogP) is 0.797. The molecule has 0 saturated heterocycles. The topological polar surface area (TPSA) is 74.6 Å². The molecular weight excluding hydrogens is 196 g/mol. The summed E-state index contributed by atoms with van der Waals surface area (Å²) in [6, 6.07) is 4.86. The first-order valence-electron chi connectivity index (χ1n) is 4.50. The first kappa shape index (κ1) is 11.4. The van der Waals surface area contributed by atoms with Gasteiger partial charge in [-0.15, -0.1) is 0 Å². The van der Waals surface area contributed by atoms with E-state index in [1.165, 1.54) is 6.07 Å². The van der Waals surface area contributed by atoms with Crippen molar-refractivity contribution in [1.82, 2.24) is 0 Å². The molecule has 2 N–H and O–H groups in total. The second-order valence-electron chi connectivity index (χ2n) is 3.30. The normalized spacial score (nSPS) is 10.0. The minimum Gasteiger partial charge on any atom is -0.481 e. The Kier molecular flexibility index (Phi) is 3.57. The summed E-state index contributed by atoms with van der Waals surface area (Å²) in [6.07, 6.45) is -0.119. The van der Waals surface area contributed by atoms with Crippen LogP contribution in [0.2, 0.25) is 0 Å². The van der Waals surface area contributed by atoms with Crippen molar-refractivity contribution in [1.29, 1.82) is 0 Å². The first-order valence-corrected chi connectivity index (χ1v) is 4.50. The highest BCUT2D eigenvalue weighted by atomic mass is 16.4. The number of carbonyl (C=O) groups excluding carboxylic acids is 1. The summed E-state index contributed by atoms with van der Waals surface area (Å²) < 4.78 is 0. The molecule has 0 aliphatic carbocycles. The molecule has 0 amide bonds. The van der Waals surface area contributed by atoms with Crippen molar-refractivity contribution < 1.29 is 19.8 Å². The number of carboxylic acids is 1. The average molecular weight is 208 g/mol. The highest BCUT2D eigenvalue weighted by molar-refractivity contribution is 5.98. The maximum atomic E-state index is 11.3. The summed E-state index contributed by atoms with van der Waals surface area (Å²) in [7, 11) is 0. The maximum Gasteiger partial charge on any atom is 0.307 e. The van der Waals surface area contributed by atoms with Gasteiger partial charge in [-0.1, -0.05) is 12.1 Å². The Morgan fingerprint density at radius 3 is 2.53 bits per heavy atom. The van der Waals surface area contributed by atoms with E-state index in [2.05, 4.69) is 0 Å². The molecule has 0 saturated carbocycles. The van der Waals surface area contributed by atoms with Crippen molar-refractivity contribution in [3.05, 3.63) is 34.9 Å². The van der Waals surface area contributed by atoms with E-state index in [1.807, 2.05) is 0 Å². The van der Waals surface area contributed by atoms with E-state index in [9.17, 15) is 9.59 Å². The van der Waals surface area contributed by atoms with Crippen LogP contribution in [0.25, 0.3) is 0 Å². The molecule has 1 aromatic carbocycles. The van der Waals surface area contributed by atoms with Crippen LogP contribution in [0.1, 0.15) is 21.5 Å². The zero-order valence-electron chi connectivity index (χ0n) is 8.36. The van der Waals surface area contributed by atoms with Crippen LogP contribution in [-0.2, 0) is 11.2 Å². The summed E-state index contributed by atoms with van der Waals surface area (Å²) >= 11 is 0. The van der Waals surface area contributed by atoms with Crippen molar-refractivity contribution >= 4 is 11.8 Å². The fraction of sp³-hybridized carbons (Fsp3) is 0.273. The number of hydrogen-bond donors (Lipinski definition) is 2. The van der Waals surface area contributed by atoms with Crippen LogP contribution in [0, 0.1) is 6.92 Å². The molecule has 1 rings (SSSR count). The number of ketones is 1. The van der Waals surface area contributed by atoms with Crippen LogP contribution in [0.5, 0.6) is 0 Å². The lowest BCUT2D eigenvalue weighted by Crippen LogP contribution is -2.08. The van der Waals surface area contributed by atoms with E-state index in [0.29, 0.717) is 11.1 Å². The fourth-order valence-electron chi connectivity index (χ4n) is 1.34. The quantitative estimate of drug-likeness (QED) is 0.717. The maximum absolute atomic E-state index is 11.3. The van der Waals surface area contributed by atoms with Gasteiger partial charge in [0.15, 0.2) is 5.78 Å². The molecule has 0 spiro atoms. The Balaban J connectivity index is 3.05. The largest absolute Gasteiger partial charge is 0.481 e. The van der Waals surface area contributed by atoms with Gasteiger partial charge < -0.3 is 10.2 Å². The van der Waals surface area contributed by atoms with Gasteiger partial charge in [0.1, 0.15) is 6.61 Å². The molecular formula is C11H12O4. The van der Waals surface area contributed by atoms with Gasteiger partial charge in [0.05, 0.1) is 6.42 Å². The van der Waals surface area contributed by atoms with Gasteiger partial charge in [0, 0.05) is 5.56 Å². The van der Waals surface area contributed by atoms with Crippen molar-refractivity contribution in [3.8, 4) is 0 Å². The molecule has 80 valence electrons. The van der Waals surface area contributed by atoms with Crippen LogP contribution in [0.15, 0.2) is 18.2 Å². The molecule has 4 nitrogen and oxygen atoms in total. The second-order valence-corrected chi connectivity index (χ2v) is 3.30.